The van der Waals surface area contributed by atoms with E-state index in [1.165, 1.54) is 0 Å². The second-order valence-electron chi connectivity index (χ2n) is 9.20. The van der Waals surface area contributed by atoms with Crippen molar-refractivity contribution in [2.24, 2.45) is 5.73 Å². The van der Waals surface area contributed by atoms with E-state index in [9.17, 15) is 10.1 Å². The minimum Gasteiger partial charge on any atom is -0.493 e. The van der Waals surface area contributed by atoms with Crippen LogP contribution in [0.5, 0.6) is 28.7 Å². The van der Waals surface area contributed by atoms with Crippen LogP contribution in [0, 0.1) is 25.2 Å². The van der Waals surface area contributed by atoms with E-state index in [0.29, 0.717) is 35.2 Å². The Morgan fingerprint density at radius 1 is 1.05 bits per heavy atom. The van der Waals surface area contributed by atoms with Crippen LogP contribution in [0.25, 0.3) is 0 Å². The maximum atomic E-state index is 12.5. The molecule has 0 amide bonds. The van der Waals surface area contributed by atoms with Gasteiger partial charge in [0.25, 0.3) is 0 Å². The number of rotatable bonds is 10. The number of unbranched alkanes of at least 4 members (excludes halogenated alkanes) is 1. The lowest BCUT2D eigenvalue weighted by atomic mass is 9.83. The van der Waals surface area contributed by atoms with Gasteiger partial charge in [-0.15, -0.1) is 0 Å². The molecule has 0 aromatic heterocycles. The van der Waals surface area contributed by atoms with Crippen molar-refractivity contribution < 1.29 is 28.5 Å². The Hall–Kier alpha value is -4.64. The molecule has 4 rings (SSSR count). The van der Waals surface area contributed by atoms with Crippen molar-refractivity contribution in [1.29, 1.82) is 5.26 Å². The van der Waals surface area contributed by atoms with Crippen molar-refractivity contribution in [3.8, 4) is 34.8 Å². The number of ether oxygens (including phenoxy) is 5. The quantitative estimate of drug-likeness (QED) is 0.203. The summed E-state index contributed by atoms with van der Waals surface area (Å²) in [6.07, 6.45) is 1.95. The lowest BCUT2D eigenvalue weighted by Gasteiger charge is -2.27. The maximum Gasteiger partial charge on any atom is 0.349 e. The molecule has 39 heavy (non-hydrogen) atoms. The van der Waals surface area contributed by atoms with Gasteiger partial charge in [-0.1, -0.05) is 37.6 Å². The maximum absolute atomic E-state index is 12.5. The number of fused-ring (bicyclic) bond motifs is 1. The first-order valence-corrected chi connectivity index (χ1v) is 12.8. The minimum absolute atomic E-state index is 0.0148. The lowest BCUT2D eigenvalue weighted by Crippen LogP contribution is -2.22. The average molecular weight is 529 g/mol. The summed E-state index contributed by atoms with van der Waals surface area (Å²) in [7, 11) is 1.57. The average Bonchev–Trinajstić information content (AvgIpc) is 2.93. The third-order valence-corrected chi connectivity index (χ3v) is 6.60. The fourth-order valence-electron chi connectivity index (χ4n) is 4.33. The summed E-state index contributed by atoms with van der Waals surface area (Å²) in [5, 5.41) is 9.90. The predicted octanol–water partition coefficient (Wildman–Crippen LogP) is 5.69. The highest BCUT2D eigenvalue weighted by molar-refractivity contribution is 5.74. The molecule has 0 fully saturated rings. The number of carbonyl (C=O) groups is 1. The third-order valence-electron chi connectivity index (χ3n) is 6.60. The van der Waals surface area contributed by atoms with Crippen LogP contribution in [-0.2, 0) is 4.79 Å². The van der Waals surface area contributed by atoms with Crippen molar-refractivity contribution in [1.82, 2.24) is 0 Å². The summed E-state index contributed by atoms with van der Waals surface area (Å²) in [6, 6.07) is 18.4. The summed E-state index contributed by atoms with van der Waals surface area (Å²) >= 11 is 0. The Kier molecular flexibility index (Phi) is 8.62. The Labute approximate surface area is 228 Å². The van der Waals surface area contributed by atoms with Crippen molar-refractivity contribution in [2.75, 3.05) is 20.3 Å². The summed E-state index contributed by atoms with van der Waals surface area (Å²) in [5.74, 6) is 1.39. The van der Waals surface area contributed by atoms with Gasteiger partial charge in [0, 0.05) is 11.6 Å². The fraction of sp³-hybridized carbons (Fsp3) is 0.290. The largest absolute Gasteiger partial charge is 0.493 e. The zero-order valence-electron chi connectivity index (χ0n) is 22.6. The van der Waals surface area contributed by atoms with Gasteiger partial charge in [0.05, 0.1) is 19.6 Å². The van der Waals surface area contributed by atoms with Crippen molar-refractivity contribution in [3.63, 3.8) is 0 Å². The van der Waals surface area contributed by atoms with Crippen molar-refractivity contribution >= 4 is 5.97 Å². The zero-order valence-corrected chi connectivity index (χ0v) is 22.6. The fourth-order valence-corrected chi connectivity index (χ4v) is 4.33. The molecule has 0 radical (unpaired) electrons. The first kappa shape index (κ1) is 27.4. The molecule has 1 aliphatic rings. The summed E-state index contributed by atoms with van der Waals surface area (Å²) in [4.78, 5) is 12.5. The standard InChI is InChI=1S/C31H32N2O6/c1-5-6-14-36-26-13-10-21(15-28(26)35-4)30-23-12-11-22(16-27(23)39-31(33)24(30)17-32)38-29(34)18-37-25-9-7-8-19(2)20(25)3/h7-13,15-16,30H,5-6,14,18,33H2,1-4H3. The van der Waals surface area contributed by atoms with Crippen LogP contribution < -0.4 is 29.4 Å². The molecule has 2 N–H and O–H groups in total. The van der Waals surface area contributed by atoms with Gasteiger partial charge in [-0.2, -0.15) is 5.26 Å². The number of nitrogens with zero attached hydrogens (tertiary/aromatic N) is 1. The molecule has 0 bridgehead atoms. The van der Waals surface area contributed by atoms with Crippen LogP contribution in [0.3, 0.4) is 0 Å². The van der Waals surface area contributed by atoms with E-state index in [-0.39, 0.29) is 23.8 Å². The van der Waals surface area contributed by atoms with Gasteiger partial charge in [0.2, 0.25) is 5.88 Å². The smallest absolute Gasteiger partial charge is 0.349 e. The number of hydrogen-bond donors (Lipinski definition) is 1. The number of aryl methyl sites for hydroxylation is 1. The third kappa shape index (κ3) is 6.10. The first-order valence-electron chi connectivity index (χ1n) is 12.8. The van der Waals surface area contributed by atoms with Crippen molar-refractivity contribution in [2.45, 2.75) is 39.5 Å². The second-order valence-corrected chi connectivity index (χ2v) is 9.20. The van der Waals surface area contributed by atoms with E-state index in [0.717, 1.165) is 29.5 Å². The minimum atomic E-state index is -0.562. The van der Waals surface area contributed by atoms with Crippen LogP contribution in [0.4, 0.5) is 0 Å². The number of carbonyl (C=O) groups excluding carboxylic acids is 1. The molecule has 3 aromatic carbocycles. The number of hydrogen-bond acceptors (Lipinski definition) is 8. The molecular formula is C31H32N2O6. The molecule has 3 aromatic rings. The van der Waals surface area contributed by atoms with Gasteiger partial charge in [0.15, 0.2) is 18.1 Å². The Morgan fingerprint density at radius 3 is 2.62 bits per heavy atom. The Bertz CT molecular complexity index is 1440. The molecule has 1 heterocycles. The molecule has 0 saturated carbocycles. The number of esters is 1. The number of nitrogens with two attached hydrogens (primary N) is 1. The molecule has 0 aliphatic carbocycles. The summed E-state index contributed by atoms with van der Waals surface area (Å²) < 4.78 is 28.3. The number of benzene rings is 3. The van der Waals surface area contributed by atoms with E-state index in [1.807, 2.05) is 50.2 Å². The molecule has 1 aliphatic heterocycles. The number of methoxy groups -OCH3 is 1. The molecule has 202 valence electrons. The highest BCUT2D eigenvalue weighted by Crippen LogP contribution is 2.45. The van der Waals surface area contributed by atoms with Gasteiger partial charge in [-0.3, -0.25) is 0 Å². The number of nitriles is 1. The highest BCUT2D eigenvalue weighted by atomic mass is 16.6. The van der Waals surface area contributed by atoms with Crippen LogP contribution >= 0.6 is 0 Å². The molecule has 8 nitrogen and oxygen atoms in total. The molecule has 8 heteroatoms. The van der Waals surface area contributed by atoms with Gasteiger partial charge in [-0.05, 0) is 61.2 Å². The van der Waals surface area contributed by atoms with E-state index >= 15 is 0 Å². The second kappa shape index (κ2) is 12.3. The van der Waals surface area contributed by atoms with Gasteiger partial charge < -0.3 is 29.4 Å². The summed E-state index contributed by atoms with van der Waals surface area (Å²) in [5.41, 5.74) is 9.95. The van der Waals surface area contributed by atoms with Crippen LogP contribution in [0.15, 0.2) is 66.1 Å². The lowest BCUT2D eigenvalue weighted by molar-refractivity contribution is -0.136. The molecule has 1 atom stereocenters. The number of allylic oxidation sites excluding steroid dienone is 1. The SMILES string of the molecule is CCCCOc1ccc(C2C(C#N)=C(N)Oc3cc(OC(=O)COc4cccc(C)c4C)ccc32)cc1OC. The van der Waals surface area contributed by atoms with Crippen LogP contribution in [-0.4, -0.2) is 26.3 Å². The predicted molar refractivity (Wildman–Crippen MR) is 146 cm³/mol. The Balaban J connectivity index is 1.56. The van der Waals surface area contributed by atoms with E-state index in [2.05, 4.69) is 13.0 Å². The van der Waals surface area contributed by atoms with E-state index < -0.39 is 11.9 Å². The first-order chi connectivity index (χ1) is 18.9. The zero-order chi connectivity index (χ0) is 27.9. The molecular weight excluding hydrogens is 496 g/mol. The van der Waals surface area contributed by atoms with Gasteiger partial charge >= 0.3 is 5.97 Å². The summed E-state index contributed by atoms with van der Waals surface area (Å²) in [6.45, 7) is 6.34. The topological polar surface area (TPSA) is 113 Å². The highest BCUT2D eigenvalue weighted by Gasteiger charge is 2.31. The van der Waals surface area contributed by atoms with Crippen LogP contribution in [0.2, 0.25) is 0 Å². The van der Waals surface area contributed by atoms with E-state index in [4.69, 9.17) is 29.4 Å². The molecule has 0 spiro atoms. The van der Waals surface area contributed by atoms with E-state index in [1.54, 1.807) is 25.3 Å². The van der Waals surface area contributed by atoms with Gasteiger partial charge in [0.1, 0.15) is 28.9 Å². The van der Waals surface area contributed by atoms with Crippen molar-refractivity contribution in [3.05, 3.63) is 88.3 Å². The Morgan fingerprint density at radius 2 is 1.87 bits per heavy atom. The monoisotopic (exact) mass is 528 g/mol. The molecule has 1 unspecified atom stereocenters. The van der Waals surface area contributed by atoms with Gasteiger partial charge in [-0.25, -0.2) is 4.79 Å². The normalized spacial score (nSPS) is 14.1. The molecule has 0 saturated heterocycles. The van der Waals surface area contributed by atoms with Crippen LogP contribution in [0.1, 0.15) is 47.9 Å².